The molecular formula is C24H20ClNO. The Morgan fingerprint density at radius 1 is 0.889 bits per heavy atom. The molecule has 2 nitrogen and oxygen atoms in total. The molecule has 0 saturated carbocycles. The topological polar surface area (TPSA) is 29.1 Å². The van der Waals surface area contributed by atoms with Gasteiger partial charge in [0.05, 0.1) is 5.41 Å². The van der Waals surface area contributed by atoms with Crippen molar-refractivity contribution in [2.24, 2.45) is 5.41 Å². The van der Waals surface area contributed by atoms with Crippen molar-refractivity contribution >= 4 is 23.2 Å². The molecule has 3 aliphatic carbocycles. The first kappa shape index (κ1) is 16.6. The van der Waals surface area contributed by atoms with E-state index in [4.69, 9.17) is 11.6 Å². The highest BCUT2D eigenvalue weighted by atomic mass is 35.5. The molecule has 0 unspecified atom stereocenters. The quantitative estimate of drug-likeness (QED) is 0.589. The normalized spacial score (nSPS) is 24.8. The van der Waals surface area contributed by atoms with Gasteiger partial charge in [-0.25, -0.2) is 0 Å². The first-order chi connectivity index (χ1) is 13.1. The Morgan fingerprint density at radius 2 is 1.41 bits per heavy atom. The number of carbonyl (C=O) groups excluding carboxylic acids is 1. The molecule has 0 radical (unpaired) electrons. The Balaban J connectivity index is 1.59. The van der Waals surface area contributed by atoms with Crippen LogP contribution in [0.15, 0.2) is 72.8 Å². The van der Waals surface area contributed by atoms with E-state index in [2.05, 4.69) is 60.8 Å². The van der Waals surface area contributed by atoms with Crippen LogP contribution in [-0.4, -0.2) is 5.91 Å². The van der Waals surface area contributed by atoms with Gasteiger partial charge in [0.1, 0.15) is 0 Å². The van der Waals surface area contributed by atoms with E-state index >= 15 is 0 Å². The molecule has 1 amide bonds. The number of halogens is 1. The van der Waals surface area contributed by atoms with Gasteiger partial charge in [-0.1, -0.05) is 60.1 Å². The minimum Gasteiger partial charge on any atom is -0.326 e. The van der Waals surface area contributed by atoms with Gasteiger partial charge in [-0.2, -0.15) is 0 Å². The highest BCUT2D eigenvalue weighted by Gasteiger charge is 2.53. The van der Waals surface area contributed by atoms with E-state index in [0.717, 1.165) is 12.1 Å². The van der Waals surface area contributed by atoms with Crippen LogP contribution in [0.2, 0.25) is 5.02 Å². The maximum atomic E-state index is 13.4. The van der Waals surface area contributed by atoms with Gasteiger partial charge >= 0.3 is 0 Å². The van der Waals surface area contributed by atoms with Crippen molar-refractivity contribution in [3.63, 3.8) is 0 Å². The van der Waals surface area contributed by atoms with Crippen molar-refractivity contribution < 1.29 is 4.79 Å². The summed E-state index contributed by atoms with van der Waals surface area (Å²) in [4.78, 5) is 13.4. The molecule has 134 valence electrons. The van der Waals surface area contributed by atoms with Crippen LogP contribution in [0.4, 0.5) is 5.69 Å². The lowest BCUT2D eigenvalue weighted by Gasteiger charge is -2.50. The number of hydrogen-bond acceptors (Lipinski definition) is 1. The fourth-order valence-electron chi connectivity index (χ4n) is 5.00. The number of rotatable bonds is 2. The Bertz CT molecular complexity index is 995. The second kappa shape index (κ2) is 5.97. The minimum atomic E-state index is -0.493. The van der Waals surface area contributed by atoms with Crippen molar-refractivity contribution in [3.8, 4) is 0 Å². The molecule has 0 fully saturated rings. The monoisotopic (exact) mass is 373 g/mol. The molecule has 3 aromatic rings. The fraction of sp³-hybridized carbons (Fsp3) is 0.208. The number of fused-ring (bicyclic) bond motifs is 1. The van der Waals surface area contributed by atoms with Gasteiger partial charge in [0.15, 0.2) is 0 Å². The summed E-state index contributed by atoms with van der Waals surface area (Å²) in [6, 6.07) is 24.5. The van der Waals surface area contributed by atoms with Gasteiger partial charge in [0.2, 0.25) is 5.91 Å². The maximum absolute atomic E-state index is 13.4. The van der Waals surface area contributed by atoms with Crippen LogP contribution in [0, 0.1) is 5.41 Å². The number of benzene rings is 3. The van der Waals surface area contributed by atoms with E-state index < -0.39 is 5.41 Å². The maximum Gasteiger partial charge on any atom is 0.231 e. The third kappa shape index (κ3) is 2.44. The van der Waals surface area contributed by atoms with Crippen LogP contribution in [0.3, 0.4) is 0 Å². The standard InChI is InChI=1S/C24H20ClNO/c1-24(23(27)26-16-12-10-15(25)11-13-16)14-21-17-6-2-4-8-19(17)22(24)20-9-5-3-7-18(20)21/h2-13,21-22H,14H2,1H3,(H,26,27)/t21?,22?,24-/m1/s1. The van der Waals surface area contributed by atoms with Gasteiger partial charge in [-0.05, 0) is 59.9 Å². The first-order valence-corrected chi connectivity index (χ1v) is 9.70. The van der Waals surface area contributed by atoms with Crippen LogP contribution in [0.25, 0.3) is 0 Å². The van der Waals surface area contributed by atoms with Crippen molar-refractivity contribution in [1.82, 2.24) is 0 Å². The van der Waals surface area contributed by atoms with Gasteiger partial charge < -0.3 is 5.32 Å². The van der Waals surface area contributed by atoms with Crippen LogP contribution in [-0.2, 0) is 4.79 Å². The third-order valence-electron chi connectivity index (χ3n) is 6.25. The fourth-order valence-corrected chi connectivity index (χ4v) is 5.12. The first-order valence-electron chi connectivity index (χ1n) is 9.32. The van der Waals surface area contributed by atoms with Crippen LogP contribution in [0.5, 0.6) is 0 Å². The molecule has 1 N–H and O–H groups in total. The van der Waals surface area contributed by atoms with E-state index in [1.807, 2.05) is 12.1 Å². The lowest BCUT2D eigenvalue weighted by Crippen LogP contribution is -2.47. The molecule has 2 bridgehead atoms. The lowest BCUT2D eigenvalue weighted by atomic mass is 9.52. The number of hydrogen-bond donors (Lipinski definition) is 1. The molecule has 3 aromatic carbocycles. The second-order valence-corrected chi connectivity index (χ2v) is 8.26. The summed E-state index contributed by atoms with van der Waals surface area (Å²) in [5.41, 5.74) is 5.62. The lowest BCUT2D eigenvalue weighted by molar-refractivity contribution is -0.126. The molecule has 3 heteroatoms. The Morgan fingerprint density at radius 3 is 1.96 bits per heavy atom. The number of carbonyl (C=O) groups is 1. The summed E-state index contributed by atoms with van der Waals surface area (Å²) in [7, 11) is 0. The molecule has 27 heavy (non-hydrogen) atoms. The number of anilines is 1. The van der Waals surface area contributed by atoms with Crippen LogP contribution >= 0.6 is 11.6 Å². The van der Waals surface area contributed by atoms with Crippen molar-refractivity contribution in [1.29, 1.82) is 0 Å². The van der Waals surface area contributed by atoms with E-state index in [9.17, 15) is 4.79 Å². The van der Waals surface area contributed by atoms with Gasteiger partial charge in [0.25, 0.3) is 0 Å². The van der Waals surface area contributed by atoms with E-state index in [-0.39, 0.29) is 17.7 Å². The van der Waals surface area contributed by atoms with E-state index in [1.54, 1.807) is 12.1 Å². The third-order valence-corrected chi connectivity index (χ3v) is 6.50. The summed E-state index contributed by atoms with van der Waals surface area (Å²) in [6.07, 6.45) is 0.825. The van der Waals surface area contributed by atoms with E-state index in [0.29, 0.717) is 5.02 Å². The Kier molecular flexibility index (Phi) is 3.66. The van der Waals surface area contributed by atoms with Crippen LogP contribution < -0.4 is 5.32 Å². The predicted octanol–water partition coefficient (Wildman–Crippen LogP) is 5.97. The molecular weight excluding hydrogens is 354 g/mol. The Hall–Kier alpha value is -2.58. The average Bonchev–Trinajstić information content (AvgIpc) is 2.70. The molecule has 0 aliphatic heterocycles. The molecule has 0 heterocycles. The summed E-state index contributed by atoms with van der Waals surface area (Å²) < 4.78 is 0. The predicted molar refractivity (Wildman–Crippen MR) is 109 cm³/mol. The van der Waals surface area contributed by atoms with Crippen molar-refractivity contribution in [2.75, 3.05) is 5.32 Å². The van der Waals surface area contributed by atoms with Gasteiger partial charge in [-0.3, -0.25) is 4.79 Å². The Labute approximate surface area is 164 Å². The number of nitrogens with one attached hydrogen (secondary N) is 1. The minimum absolute atomic E-state index is 0.0715. The largest absolute Gasteiger partial charge is 0.326 e. The zero-order valence-electron chi connectivity index (χ0n) is 15.1. The van der Waals surface area contributed by atoms with Gasteiger partial charge in [0, 0.05) is 22.5 Å². The number of amides is 1. The van der Waals surface area contributed by atoms with Gasteiger partial charge in [-0.15, -0.1) is 0 Å². The molecule has 0 saturated heterocycles. The summed E-state index contributed by atoms with van der Waals surface area (Å²) >= 11 is 5.98. The summed E-state index contributed by atoms with van der Waals surface area (Å²) in [5, 5.41) is 3.79. The second-order valence-electron chi connectivity index (χ2n) is 7.83. The van der Waals surface area contributed by atoms with Crippen molar-refractivity contribution in [3.05, 3.63) is 100 Å². The zero-order valence-corrected chi connectivity index (χ0v) is 15.8. The van der Waals surface area contributed by atoms with E-state index in [1.165, 1.54) is 22.3 Å². The molecule has 1 atom stereocenters. The van der Waals surface area contributed by atoms with Crippen molar-refractivity contribution in [2.45, 2.75) is 25.2 Å². The summed E-state index contributed by atoms with van der Waals surface area (Å²) in [5.74, 6) is 0.411. The summed E-state index contributed by atoms with van der Waals surface area (Å²) in [6.45, 7) is 2.11. The molecule has 0 aromatic heterocycles. The smallest absolute Gasteiger partial charge is 0.231 e. The molecule has 0 spiro atoms. The highest BCUT2D eigenvalue weighted by molar-refractivity contribution is 6.30. The zero-order chi connectivity index (χ0) is 18.6. The van der Waals surface area contributed by atoms with Crippen LogP contribution in [0.1, 0.15) is 47.4 Å². The average molecular weight is 374 g/mol. The molecule has 6 rings (SSSR count). The molecule has 3 aliphatic rings. The SMILES string of the molecule is C[C@@]1(C(=O)Nc2ccc(Cl)cc2)CC2c3ccccc3C1c1ccccc12. The highest BCUT2D eigenvalue weighted by Crippen LogP contribution is 2.61.